The van der Waals surface area contributed by atoms with Crippen molar-refractivity contribution in [2.75, 3.05) is 12.4 Å². The first kappa shape index (κ1) is 16.3. The van der Waals surface area contributed by atoms with E-state index < -0.39 is 0 Å². The Morgan fingerprint density at radius 2 is 2.25 bits per heavy atom. The molecule has 0 aliphatic heterocycles. The molecule has 0 aliphatic carbocycles. The number of ether oxygens (including phenoxy) is 1. The topological polar surface area (TPSA) is 64.4 Å². The van der Waals surface area contributed by atoms with Gasteiger partial charge in [0.15, 0.2) is 5.13 Å². The second kappa shape index (κ2) is 7.33. The minimum absolute atomic E-state index is 0.314. The SMILES string of the molecule is COc1cccc(C(=Cc2ccco2)C(=O)Nc2ncc(Cl)s2)c1. The Morgan fingerprint density at radius 1 is 1.38 bits per heavy atom. The molecule has 3 aromatic rings. The third-order valence-electron chi connectivity index (χ3n) is 3.15. The van der Waals surface area contributed by atoms with Gasteiger partial charge in [-0.3, -0.25) is 10.1 Å². The summed E-state index contributed by atoms with van der Waals surface area (Å²) in [5.74, 6) is 0.911. The average Bonchev–Trinajstić information content (AvgIpc) is 3.24. The van der Waals surface area contributed by atoms with Crippen LogP contribution in [0, 0.1) is 0 Å². The zero-order valence-corrected chi connectivity index (χ0v) is 14.2. The lowest BCUT2D eigenvalue weighted by Gasteiger charge is -2.09. The number of halogens is 1. The van der Waals surface area contributed by atoms with Crippen molar-refractivity contribution in [3.63, 3.8) is 0 Å². The Kier molecular flexibility index (Phi) is 4.98. The number of hydrogen-bond donors (Lipinski definition) is 1. The molecule has 0 fully saturated rings. The molecule has 3 rings (SSSR count). The van der Waals surface area contributed by atoms with Gasteiger partial charge in [0.05, 0.1) is 25.1 Å². The van der Waals surface area contributed by atoms with E-state index >= 15 is 0 Å². The monoisotopic (exact) mass is 360 g/mol. The number of furan rings is 1. The minimum Gasteiger partial charge on any atom is -0.497 e. The highest BCUT2D eigenvalue weighted by molar-refractivity contribution is 7.19. The van der Waals surface area contributed by atoms with Gasteiger partial charge in [-0.15, -0.1) is 0 Å². The molecule has 0 spiro atoms. The molecule has 0 atom stereocenters. The van der Waals surface area contributed by atoms with Gasteiger partial charge in [0.2, 0.25) is 0 Å². The zero-order chi connectivity index (χ0) is 16.9. The fraction of sp³-hybridized carbons (Fsp3) is 0.0588. The fourth-order valence-corrected chi connectivity index (χ4v) is 2.87. The van der Waals surface area contributed by atoms with Crippen LogP contribution in [0.5, 0.6) is 5.75 Å². The molecule has 1 aromatic carbocycles. The molecule has 0 radical (unpaired) electrons. The third kappa shape index (κ3) is 3.84. The Hall–Kier alpha value is -2.57. The highest BCUT2D eigenvalue weighted by Crippen LogP contribution is 2.27. The van der Waals surface area contributed by atoms with Crippen molar-refractivity contribution in [3.8, 4) is 5.75 Å². The summed E-state index contributed by atoms with van der Waals surface area (Å²) in [6.45, 7) is 0. The predicted molar refractivity (Wildman–Crippen MR) is 95.3 cm³/mol. The van der Waals surface area contributed by atoms with E-state index in [1.165, 1.54) is 17.5 Å². The van der Waals surface area contributed by atoms with Crippen molar-refractivity contribution >= 4 is 45.6 Å². The van der Waals surface area contributed by atoms with Crippen LogP contribution in [0.15, 0.2) is 53.3 Å². The van der Waals surface area contributed by atoms with Crippen LogP contribution in [0.25, 0.3) is 11.6 Å². The quantitative estimate of drug-likeness (QED) is 0.676. The van der Waals surface area contributed by atoms with Crippen molar-refractivity contribution in [1.82, 2.24) is 4.98 Å². The van der Waals surface area contributed by atoms with Crippen molar-refractivity contribution in [2.24, 2.45) is 0 Å². The highest BCUT2D eigenvalue weighted by atomic mass is 35.5. The first-order chi connectivity index (χ1) is 11.7. The van der Waals surface area contributed by atoms with E-state index in [4.69, 9.17) is 20.8 Å². The van der Waals surface area contributed by atoms with Crippen LogP contribution >= 0.6 is 22.9 Å². The Labute approximate surface area is 147 Å². The van der Waals surface area contributed by atoms with Gasteiger partial charge in [0, 0.05) is 0 Å². The molecule has 0 unspecified atom stereocenters. The predicted octanol–water partition coefficient (Wildman–Crippen LogP) is 4.58. The van der Waals surface area contributed by atoms with E-state index in [0.29, 0.717) is 32.1 Å². The summed E-state index contributed by atoms with van der Waals surface area (Å²) in [4.78, 5) is 16.8. The van der Waals surface area contributed by atoms with Crippen LogP contribution in [0.3, 0.4) is 0 Å². The summed E-state index contributed by atoms with van der Waals surface area (Å²) in [6.07, 6.45) is 4.70. The maximum atomic E-state index is 12.7. The van der Waals surface area contributed by atoms with Gasteiger partial charge in [0.1, 0.15) is 15.8 Å². The van der Waals surface area contributed by atoms with E-state index in [1.54, 1.807) is 37.6 Å². The number of benzene rings is 1. The molecule has 0 saturated carbocycles. The first-order valence-electron chi connectivity index (χ1n) is 6.98. The third-order valence-corrected chi connectivity index (χ3v) is 4.18. The zero-order valence-electron chi connectivity index (χ0n) is 12.7. The molecular weight excluding hydrogens is 348 g/mol. The number of nitrogens with zero attached hydrogens (tertiary/aromatic N) is 1. The van der Waals surface area contributed by atoms with Crippen molar-refractivity contribution in [2.45, 2.75) is 0 Å². The molecule has 2 aromatic heterocycles. The van der Waals surface area contributed by atoms with Gasteiger partial charge < -0.3 is 9.15 Å². The molecule has 122 valence electrons. The van der Waals surface area contributed by atoms with E-state index in [1.807, 2.05) is 18.2 Å². The average molecular weight is 361 g/mol. The maximum Gasteiger partial charge on any atom is 0.258 e. The van der Waals surface area contributed by atoms with Gasteiger partial charge in [-0.1, -0.05) is 35.1 Å². The number of thiazole rings is 1. The number of rotatable bonds is 5. The molecule has 24 heavy (non-hydrogen) atoms. The molecule has 5 nitrogen and oxygen atoms in total. The summed E-state index contributed by atoms with van der Waals surface area (Å²) in [7, 11) is 1.58. The summed E-state index contributed by atoms with van der Waals surface area (Å²) in [6, 6.07) is 10.8. The molecular formula is C17H13ClN2O3S. The molecule has 7 heteroatoms. The molecule has 0 aliphatic rings. The van der Waals surface area contributed by atoms with Crippen molar-refractivity contribution in [3.05, 3.63) is 64.5 Å². The van der Waals surface area contributed by atoms with Crippen molar-refractivity contribution < 1.29 is 13.9 Å². The second-order valence-corrected chi connectivity index (χ2v) is 6.39. The number of hydrogen-bond acceptors (Lipinski definition) is 5. The van der Waals surface area contributed by atoms with Gasteiger partial charge >= 0.3 is 0 Å². The Bertz CT molecular complexity index is 872. The minimum atomic E-state index is -0.314. The van der Waals surface area contributed by atoms with Crippen LogP contribution in [0.1, 0.15) is 11.3 Å². The maximum absolute atomic E-state index is 12.7. The van der Waals surface area contributed by atoms with Crippen LogP contribution < -0.4 is 10.1 Å². The van der Waals surface area contributed by atoms with Gasteiger partial charge in [-0.05, 0) is 35.9 Å². The number of carbonyl (C=O) groups excluding carboxylic acids is 1. The molecule has 2 heterocycles. The Morgan fingerprint density at radius 3 is 2.92 bits per heavy atom. The smallest absolute Gasteiger partial charge is 0.258 e. The lowest BCUT2D eigenvalue weighted by atomic mass is 10.0. The number of carbonyl (C=O) groups is 1. The summed E-state index contributed by atoms with van der Waals surface area (Å²) < 4.78 is 11.1. The Balaban J connectivity index is 1.96. The number of methoxy groups -OCH3 is 1. The van der Waals surface area contributed by atoms with E-state index in [2.05, 4.69) is 10.3 Å². The van der Waals surface area contributed by atoms with Gasteiger partial charge in [-0.2, -0.15) is 0 Å². The van der Waals surface area contributed by atoms with Crippen LogP contribution in [-0.4, -0.2) is 18.0 Å². The molecule has 1 amide bonds. The van der Waals surface area contributed by atoms with Crippen LogP contribution in [0.2, 0.25) is 4.34 Å². The lowest BCUT2D eigenvalue weighted by Crippen LogP contribution is -2.13. The number of nitrogens with one attached hydrogen (secondary N) is 1. The molecule has 0 bridgehead atoms. The number of anilines is 1. The molecule has 0 saturated heterocycles. The largest absolute Gasteiger partial charge is 0.497 e. The van der Waals surface area contributed by atoms with Gasteiger partial charge in [-0.25, -0.2) is 4.98 Å². The van der Waals surface area contributed by atoms with E-state index in [-0.39, 0.29) is 5.91 Å². The van der Waals surface area contributed by atoms with Gasteiger partial charge in [0.25, 0.3) is 5.91 Å². The normalized spacial score (nSPS) is 11.3. The van der Waals surface area contributed by atoms with Crippen LogP contribution in [0.4, 0.5) is 5.13 Å². The summed E-state index contributed by atoms with van der Waals surface area (Å²) >= 11 is 7.05. The summed E-state index contributed by atoms with van der Waals surface area (Å²) in [5, 5.41) is 3.17. The second-order valence-electron chi connectivity index (χ2n) is 4.73. The first-order valence-corrected chi connectivity index (χ1v) is 8.17. The van der Waals surface area contributed by atoms with Crippen molar-refractivity contribution in [1.29, 1.82) is 0 Å². The number of amides is 1. The fourth-order valence-electron chi connectivity index (χ4n) is 2.06. The highest BCUT2D eigenvalue weighted by Gasteiger charge is 2.15. The van der Waals surface area contributed by atoms with E-state index in [0.717, 1.165) is 0 Å². The standard InChI is InChI=1S/C17H13ClN2O3S/c1-22-12-5-2-4-11(8-12)14(9-13-6-3-7-23-13)16(21)20-17-19-10-15(18)24-17/h2-10H,1H3,(H,19,20,21). The lowest BCUT2D eigenvalue weighted by molar-refractivity contribution is -0.111. The van der Waals surface area contributed by atoms with Crippen LogP contribution in [-0.2, 0) is 4.79 Å². The number of aromatic nitrogens is 1. The summed E-state index contributed by atoms with van der Waals surface area (Å²) in [5.41, 5.74) is 1.13. The molecule has 1 N–H and O–H groups in total. The van der Waals surface area contributed by atoms with E-state index in [9.17, 15) is 4.79 Å².